The monoisotopic (exact) mass is 443 g/mol. The zero-order valence-electron chi connectivity index (χ0n) is 16.4. The molecule has 1 unspecified atom stereocenters. The highest BCUT2D eigenvalue weighted by Crippen LogP contribution is 2.33. The molecule has 0 fully saturated rings. The molecule has 30 heavy (non-hydrogen) atoms. The van der Waals surface area contributed by atoms with Gasteiger partial charge < -0.3 is 15.4 Å². The van der Waals surface area contributed by atoms with Crippen molar-refractivity contribution in [1.29, 1.82) is 0 Å². The van der Waals surface area contributed by atoms with E-state index in [1.165, 1.54) is 11.3 Å². The Hall–Kier alpha value is -3.08. The first-order valence-electron chi connectivity index (χ1n) is 8.99. The molecule has 0 aliphatic carbocycles. The van der Waals surface area contributed by atoms with Crippen LogP contribution in [-0.4, -0.2) is 38.1 Å². The predicted molar refractivity (Wildman–Crippen MR) is 117 cm³/mol. The van der Waals surface area contributed by atoms with E-state index in [0.717, 1.165) is 20.9 Å². The predicted octanol–water partition coefficient (Wildman–Crippen LogP) is 4.59. The average Bonchev–Trinajstić information content (AvgIpc) is 3.36. The van der Waals surface area contributed by atoms with Crippen LogP contribution in [0.1, 0.15) is 23.6 Å². The van der Waals surface area contributed by atoms with E-state index in [1.54, 1.807) is 48.6 Å². The van der Waals surface area contributed by atoms with Crippen LogP contribution < -0.4 is 10.6 Å². The fourth-order valence-electron chi connectivity index (χ4n) is 3.02. The fourth-order valence-corrected chi connectivity index (χ4v) is 4.06. The topological polar surface area (TPSA) is 107 Å². The molecule has 2 amide bonds. The molecule has 4 rings (SSSR count). The summed E-state index contributed by atoms with van der Waals surface area (Å²) in [6.45, 7) is 3.81. The first kappa shape index (κ1) is 20.2. The van der Waals surface area contributed by atoms with Gasteiger partial charge in [-0.25, -0.2) is 19.4 Å². The molecule has 0 saturated carbocycles. The number of pyridine rings is 1. The van der Waals surface area contributed by atoms with E-state index in [4.69, 9.17) is 16.3 Å². The van der Waals surface area contributed by atoms with E-state index in [-0.39, 0.29) is 6.10 Å². The number of nitrogens with zero attached hydrogens (tertiary/aromatic N) is 5. The Kier molecular flexibility index (Phi) is 5.62. The number of hydrogen-bond donors (Lipinski definition) is 2. The molecule has 1 aromatic carbocycles. The Morgan fingerprint density at radius 3 is 2.87 bits per heavy atom. The first-order chi connectivity index (χ1) is 14.5. The minimum absolute atomic E-state index is 0.274. The number of carbonyl (C=O) groups excluding carboxylic acids is 1. The number of nitrogens with one attached hydrogen (secondary N) is 2. The van der Waals surface area contributed by atoms with Crippen LogP contribution in [0.3, 0.4) is 0 Å². The Morgan fingerprint density at radius 2 is 2.17 bits per heavy atom. The summed E-state index contributed by atoms with van der Waals surface area (Å²) < 4.78 is 7.04. The Bertz CT molecular complexity index is 1210. The van der Waals surface area contributed by atoms with Crippen LogP contribution >= 0.6 is 22.9 Å². The second-order valence-corrected chi connectivity index (χ2v) is 8.03. The second kappa shape index (κ2) is 8.34. The number of rotatable bonds is 5. The molecule has 3 heterocycles. The molecule has 0 saturated heterocycles. The van der Waals surface area contributed by atoms with Crippen molar-refractivity contribution in [2.45, 2.75) is 20.0 Å². The number of halogens is 1. The zero-order valence-corrected chi connectivity index (χ0v) is 18.0. The van der Waals surface area contributed by atoms with E-state index < -0.39 is 6.03 Å². The van der Waals surface area contributed by atoms with E-state index >= 15 is 0 Å². The third kappa shape index (κ3) is 3.97. The molecule has 154 valence electrons. The van der Waals surface area contributed by atoms with Gasteiger partial charge in [0, 0.05) is 18.4 Å². The van der Waals surface area contributed by atoms with E-state index in [0.29, 0.717) is 22.1 Å². The number of methoxy groups -OCH3 is 1. The molecule has 0 spiro atoms. The van der Waals surface area contributed by atoms with Crippen molar-refractivity contribution in [2.75, 3.05) is 17.7 Å². The van der Waals surface area contributed by atoms with Crippen molar-refractivity contribution >= 4 is 50.7 Å². The van der Waals surface area contributed by atoms with Crippen LogP contribution in [0.2, 0.25) is 5.02 Å². The third-order valence-corrected chi connectivity index (χ3v) is 5.64. The van der Waals surface area contributed by atoms with Gasteiger partial charge in [0.15, 0.2) is 0 Å². The van der Waals surface area contributed by atoms with Gasteiger partial charge in [0.25, 0.3) is 0 Å². The van der Waals surface area contributed by atoms with Crippen molar-refractivity contribution in [3.8, 4) is 5.69 Å². The molecule has 0 radical (unpaired) electrons. The standard InChI is InChI=1S/C19H18ClN7O2S/c1-10(29-3)16-14(9-21-18-17(16)23-11(2)30-18)25-19(28)24-12-4-5-15(13(20)8-12)27-7-6-22-26-27/h4-10H,1-3H3,(H2,24,25,28). The Labute approximate surface area is 181 Å². The lowest BCUT2D eigenvalue weighted by molar-refractivity contribution is 0.121. The van der Waals surface area contributed by atoms with E-state index in [2.05, 4.69) is 30.9 Å². The summed E-state index contributed by atoms with van der Waals surface area (Å²) in [7, 11) is 1.61. The van der Waals surface area contributed by atoms with Crippen LogP contribution in [0.5, 0.6) is 0 Å². The highest BCUT2D eigenvalue weighted by Gasteiger charge is 2.20. The Morgan fingerprint density at radius 1 is 1.33 bits per heavy atom. The number of aromatic nitrogens is 5. The number of thiazole rings is 1. The first-order valence-corrected chi connectivity index (χ1v) is 10.2. The number of hydrogen-bond acceptors (Lipinski definition) is 7. The number of ether oxygens (including phenoxy) is 1. The van der Waals surface area contributed by atoms with Crippen molar-refractivity contribution in [1.82, 2.24) is 25.0 Å². The van der Waals surface area contributed by atoms with E-state index in [9.17, 15) is 4.79 Å². The average molecular weight is 444 g/mol. The summed E-state index contributed by atoms with van der Waals surface area (Å²) in [5.41, 5.74) is 3.22. The highest BCUT2D eigenvalue weighted by atomic mass is 35.5. The van der Waals surface area contributed by atoms with E-state index in [1.807, 2.05) is 13.8 Å². The molecular formula is C19H18ClN7O2S. The smallest absolute Gasteiger partial charge is 0.323 e. The summed E-state index contributed by atoms with van der Waals surface area (Å²) in [6.07, 6.45) is 4.58. The molecule has 11 heteroatoms. The van der Waals surface area contributed by atoms with Crippen LogP contribution in [-0.2, 0) is 4.74 Å². The lowest BCUT2D eigenvalue weighted by Crippen LogP contribution is -2.21. The number of urea groups is 1. The van der Waals surface area contributed by atoms with Gasteiger partial charge in [-0.05, 0) is 32.0 Å². The minimum atomic E-state index is -0.433. The lowest BCUT2D eigenvalue weighted by Gasteiger charge is -2.16. The maximum absolute atomic E-state index is 12.6. The lowest BCUT2D eigenvalue weighted by atomic mass is 10.1. The molecule has 0 aliphatic heterocycles. The maximum Gasteiger partial charge on any atom is 0.323 e. The SMILES string of the molecule is COC(C)c1c(NC(=O)Nc2ccc(-n3ccnn3)c(Cl)c2)cnc2sc(C)nc12. The number of benzene rings is 1. The van der Waals surface area contributed by atoms with Crippen molar-refractivity contribution in [3.63, 3.8) is 0 Å². The van der Waals surface area contributed by atoms with Crippen molar-refractivity contribution in [2.24, 2.45) is 0 Å². The molecule has 3 aromatic heterocycles. The minimum Gasteiger partial charge on any atom is -0.377 e. The third-order valence-electron chi connectivity index (χ3n) is 4.46. The van der Waals surface area contributed by atoms with Gasteiger partial charge in [0.2, 0.25) is 0 Å². The number of aryl methyl sites for hydroxylation is 1. The summed E-state index contributed by atoms with van der Waals surface area (Å²) in [4.78, 5) is 22.4. The number of carbonyl (C=O) groups is 1. The molecular weight excluding hydrogens is 426 g/mol. The van der Waals surface area contributed by atoms with Crippen molar-refractivity contribution < 1.29 is 9.53 Å². The fraction of sp³-hybridized carbons (Fsp3) is 0.211. The number of fused-ring (bicyclic) bond motifs is 1. The molecule has 4 aromatic rings. The maximum atomic E-state index is 12.6. The van der Waals surface area contributed by atoms with Gasteiger partial charge in [-0.1, -0.05) is 28.2 Å². The molecule has 2 N–H and O–H groups in total. The van der Waals surface area contributed by atoms with Crippen LogP contribution in [0.15, 0.2) is 36.8 Å². The molecule has 0 bridgehead atoms. The second-order valence-electron chi connectivity index (χ2n) is 6.44. The summed E-state index contributed by atoms with van der Waals surface area (Å²) in [5, 5.41) is 14.6. The van der Waals surface area contributed by atoms with Gasteiger partial charge in [-0.3, -0.25) is 0 Å². The zero-order chi connectivity index (χ0) is 21.3. The highest BCUT2D eigenvalue weighted by molar-refractivity contribution is 7.18. The van der Waals surface area contributed by atoms with Crippen LogP contribution in [0, 0.1) is 6.92 Å². The van der Waals surface area contributed by atoms with Crippen LogP contribution in [0.4, 0.5) is 16.2 Å². The number of anilines is 2. The normalized spacial score (nSPS) is 12.1. The quantitative estimate of drug-likeness (QED) is 0.467. The van der Waals surface area contributed by atoms with Gasteiger partial charge in [-0.15, -0.1) is 5.10 Å². The van der Waals surface area contributed by atoms with Gasteiger partial charge in [0.1, 0.15) is 10.3 Å². The largest absolute Gasteiger partial charge is 0.377 e. The summed E-state index contributed by atoms with van der Waals surface area (Å²) in [5.74, 6) is 0. The molecule has 9 nitrogen and oxygen atoms in total. The van der Waals surface area contributed by atoms with Gasteiger partial charge in [-0.2, -0.15) is 0 Å². The Balaban J connectivity index is 1.57. The number of amides is 2. The van der Waals surface area contributed by atoms with Crippen LogP contribution in [0.25, 0.3) is 16.0 Å². The van der Waals surface area contributed by atoms with Crippen molar-refractivity contribution in [3.05, 3.63) is 52.4 Å². The molecule has 1 atom stereocenters. The summed E-state index contributed by atoms with van der Waals surface area (Å²) in [6, 6.07) is 4.68. The molecule has 0 aliphatic rings. The van der Waals surface area contributed by atoms with Gasteiger partial charge >= 0.3 is 6.03 Å². The van der Waals surface area contributed by atoms with Gasteiger partial charge in [0.05, 0.1) is 46.1 Å². The summed E-state index contributed by atoms with van der Waals surface area (Å²) >= 11 is 7.82.